The quantitative estimate of drug-likeness (QED) is 0.732. The van der Waals surface area contributed by atoms with E-state index in [0.29, 0.717) is 0 Å². The number of benzene rings is 1. The van der Waals surface area contributed by atoms with E-state index in [-0.39, 0.29) is 0 Å². The minimum atomic E-state index is -0.579. The fourth-order valence-corrected chi connectivity index (χ4v) is 1.73. The predicted octanol–water partition coefficient (Wildman–Crippen LogP) is 1.10. The largest absolute Gasteiger partial charge is 0.374 e. The predicted molar refractivity (Wildman–Crippen MR) is 65.6 cm³/mol. The molecule has 1 aliphatic rings. The molecule has 1 aromatic carbocycles. The summed E-state index contributed by atoms with van der Waals surface area (Å²) in [7, 11) is 0. The molecule has 0 saturated heterocycles. The Morgan fingerprint density at radius 1 is 1.38 bits per heavy atom. The van der Waals surface area contributed by atoms with Crippen LogP contribution in [0.25, 0.3) is 0 Å². The molecule has 0 amide bonds. The maximum Gasteiger partial charge on any atom is 0.200 e. The molecule has 1 unspecified atom stereocenters. The lowest BCUT2D eigenvalue weighted by atomic mass is 10.2. The maximum atomic E-state index is 9.30. The Labute approximate surface area is 95.6 Å². The zero-order valence-corrected chi connectivity index (χ0v) is 9.64. The molecule has 86 valence electrons. The Hall–Kier alpha value is -1.55. The first-order valence-electron chi connectivity index (χ1n) is 5.50. The van der Waals surface area contributed by atoms with Crippen molar-refractivity contribution in [3.63, 3.8) is 0 Å². The Kier molecular flexibility index (Phi) is 3.10. The molecule has 1 heterocycles. The zero-order valence-electron chi connectivity index (χ0n) is 9.64. The van der Waals surface area contributed by atoms with Crippen LogP contribution >= 0.6 is 0 Å². The smallest absolute Gasteiger partial charge is 0.200 e. The van der Waals surface area contributed by atoms with Gasteiger partial charge >= 0.3 is 0 Å². The van der Waals surface area contributed by atoms with E-state index in [9.17, 15) is 5.11 Å². The van der Waals surface area contributed by atoms with Gasteiger partial charge < -0.3 is 15.3 Å². The first-order chi connectivity index (χ1) is 7.66. The van der Waals surface area contributed by atoms with Crippen molar-refractivity contribution in [2.24, 2.45) is 4.99 Å². The van der Waals surface area contributed by atoms with Crippen molar-refractivity contribution in [3.05, 3.63) is 29.8 Å². The number of aliphatic hydroxyl groups is 1. The van der Waals surface area contributed by atoms with Crippen molar-refractivity contribution in [1.82, 2.24) is 5.32 Å². The van der Waals surface area contributed by atoms with E-state index < -0.39 is 6.23 Å². The lowest BCUT2D eigenvalue weighted by molar-refractivity contribution is 0.180. The summed E-state index contributed by atoms with van der Waals surface area (Å²) in [6, 6.07) is 8.29. The molecular weight excluding hydrogens is 202 g/mol. The van der Waals surface area contributed by atoms with Crippen molar-refractivity contribution < 1.29 is 5.11 Å². The number of rotatable bonds is 2. The third-order valence-corrected chi connectivity index (χ3v) is 2.52. The van der Waals surface area contributed by atoms with Gasteiger partial charge in [-0.3, -0.25) is 4.99 Å². The molecule has 1 aromatic rings. The van der Waals surface area contributed by atoms with Gasteiger partial charge in [0.05, 0.1) is 6.54 Å². The summed E-state index contributed by atoms with van der Waals surface area (Å²) in [4.78, 5) is 6.40. The van der Waals surface area contributed by atoms with Crippen LogP contribution in [0.2, 0.25) is 0 Å². The van der Waals surface area contributed by atoms with Crippen LogP contribution < -0.4 is 10.2 Å². The molecule has 0 saturated carbocycles. The summed E-state index contributed by atoms with van der Waals surface area (Å²) in [5, 5.41) is 12.2. The van der Waals surface area contributed by atoms with E-state index in [1.165, 1.54) is 5.56 Å². The van der Waals surface area contributed by atoms with Gasteiger partial charge in [0.1, 0.15) is 6.23 Å². The Bertz CT molecular complexity index is 384. The van der Waals surface area contributed by atoms with Crippen molar-refractivity contribution in [3.8, 4) is 0 Å². The van der Waals surface area contributed by atoms with Crippen LogP contribution in [0.4, 0.5) is 5.69 Å². The fourth-order valence-electron chi connectivity index (χ4n) is 1.73. The molecule has 0 spiro atoms. The molecule has 4 nitrogen and oxygen atoms in total. The van der Waals surface area contributed by atoms with Crippen LogP contribution in [0.5, 0.6) is 0 Å². The topological polar surface area (TPSA) is 47.9 Å². The number of hydrogen-bond donors (Lipinski definition) is 2. The van der Waals surface area contributed by atoms with Gasteiger partial charge in [0.15, 0.2) is 0 Å². The number of nitrogens with zero attached hydrogens (tertiary/aromatic N) is 2. The van der Waals surface area contributed by atoms with Gasteiger partial charge in [0, 0.05) is 12.2 Å². The summed E-state index contributed by atoms with van der Waals surface area (Å²) in [6.45, 7) is 5.38. The van der Waals surface area contributed by atoms with E-state index in [2.05, 4.69) is 46.4 Å². The van der Waals surface area contributed by atoms with Gasteiger partial charge in [-0.15, -0.1) is 0 Å². The number of nitrogens with one attached hydrogen (secondary N) is 1. The molecule has 0 aromatic heterocycles. The van der Waals surface area contributed by atoms with Gasteiger partial charge in [0.2, 0.25) is 5.96 Å². The number of aliphatic hydroxyl groups excluding tert-OH is 1. The average Bonchev–Trinajstić information content (AvgIpc) is 2.66. The number of guanidine groups is 1. The minimum absolute atomic E-state index is 0.579. The van der Waals surface area contributed by atoms with Crippen molar-refractivity contribution in [2.45, 2.75) is 20.1 Å². The molecule has 2 N–H and O–H groups in total. The molecule has 2 rings (SSSR count). The number of anilines is 1. The van der Waals surface area contributed by atoms with Gasteiger partial charge in [0.25, 0.3) is 0 Å². The SMILES string of the molecule is Cc1ccc(N2CCN=C2NC(C)O)cc1. The van der Waals surface area contributed by atoms with E-state index >= 15 is 0 Å². The minimum Gasteiger partial charge on any atom is -0.374 e. The Morgan fingerprint density at radius 2 is 2.06 bits per heavy atom. The normalized spacial score (nSPS) is 17.2. The molecule has 0 fully saturated rings. The van der Waals surface area contributed by atoms with Crippen molar-refractivity contribution in [1.29, 1.82) is 0 Å². The highest BCUT2D eigenvalue weighted by Crippen LogP contribution is 2.17. The van der Waals surface area contributed by atoms with Crippen LogP contribution in [0.15, 0.2) is 29.3 Å². The second-order valence-corrected chi connectivity index (χ2v) is 4.01. The van der Waals surface area contributed by atoms with E-state index in [1.54, 1.807) is 6.92 Å². The van der Waals surface area contributed by atoms with Gasteiger partial charge in [-0.1, -0.05) is 17.7 Å². The van der Waals surface area contributed by atoms with Gasteiger partial charge in [-0.25, -0.2) is 0 Å². The molecule has 0 radical (unpaired) electrons. The molecule has 0 aliphatic carbocycles. The third kappa shape index (κ3) is 2.33. The zero-order chi connectivity index (χ0) is 11.5. The highest BCUT2D eigenvalue weighted by Gasteiger charge is 2.19. The second kappa shape index (κ2) is 4.53. The summed E-state index contributed by atoms with van der Waals surface area (Å²) in [6.07, 6.45) is -0.579. The fraction of sp³-hybridized carbons (Fsp3) is 0.417. The summed E-state index contributed by atoms with van der Waals surface area (Å²) < 4.78 is 0. The van der Waals surface area contributed by atoms with Crippen molar-refractivity contribution in [2.75, 3.05) is 18.0 Å². The summed E-state index contributed by atoms with van der Waals surface area (Å²) in [5.74, 6) is 0.749. The van der Waals surface area contributed by atoms with Gasteiger partial charge in [-0.2, -0.15) is 0 Å². The highest BCUT2D eigenvalue weighted by atomic mass is 16.3. The van der Waals surface area contributed by atoms with Crippen LogP contribution in [0, 0.1) is 6.92 Å². The van der Waals surface area contributed by atoms with E-state index in [4.69, 9.17) is 0 Å². The highest BCUT2D eigenvalue weighted by molar-refractivity contribution is 5.97. The van der Waals surface area contributed by atoms with Crippen LogP contribution in [-0.4, -0.2) is 30.4 Å². The second-order valence-electron chi connectivity index (χ2n) is 4.01. The molecule has 16 heavy (non-hydrogen) atoms. The summed E-state index contributed by atoms with van der Waals surface area (Å²) in [5.41, 5.74) is 2.35. The monoisotopic (exact) mass is 219 g/mol. The number of hydrogen-bond acceptors (Lipinski definition) is 4. The molecule has 1 aliphatic heterocycles. The van der Waals surface area contributed by atoms with Crippen molar-refractivity contribution >= 4 is 11.6 Å². The standard InChI is InChI=1S/C12H17N3O/c1-9-3-5-11(6-4-9)15-8-7-13-12(15)14-10(2)16/h3-6,10,16H,7-8H2,1-2H3,(H,13,14). The van der Waals surface area contributed by atoms with Crippen LogP contribution in [0.1, 0.15) is 12.5 Å². The molecular formula is C12H17N3O. The Balaban J connectivity index is 2.15. The first kappa shape index (κ1) is 11.0. The van der Waals surface area contributed by atoms with Crippen LogP contribution in [-0.2, 0) is 0 Å². The molecule has 4 heteroatoms. The first-order valence-corrected chi connectivity index (χ1v) is 5.50. The molecule has 0 bridgehead atoms. The average molecular weight is 219 g/mol. The number of aryl methyl sites for hydroxylation is 1. The Morgan fingerprint density at radius 3 is 2.69 bits per heavy atom. The lowest BCUT2D eigenvalue weighted by Crippen LogP contribution is -2.42. The van der Waals surface area contributed by atoms with E-state index in [0.717, 1.165) is 24.7 Å². The van der Waals surface area contributed by atoms with Crippen LogP contribution in [0.3, 0.4) is 0 Å². The third-order valence-electron chi connectivity index (χ3n) is 2.52. The van der Waals surface area contributed by atoms with E-state index in [1.807, 2.05) is 0 Å². The lowest BCUT2D eigenvalue weighted by Gasteiger charge is -2.22. The molecule has 1 atom stereocenters. The summed E-state index contributed by atoms with van der Waals surface area (Å²) >= 11 is 0. The van der Waals surface area contributed by atoms with Gasteiger partial charge in [-0.05, 0) is 26.0 Å². The maximum absolute atomic E-state index is 9.30. The number of aliphatic imine (C=N–C) groups is 1.